The average molecular weight is 482 g/mol. The lowest BCUT2D eigenvalue weighted by Crippen LogP contribution is -2.52. The molecule has 35 heavy (non-hydrogen) atoms. The standard InChI is InChI=1S/C28H43N5O2/c1-7-28(31(3)4,26(34)23-13-15-25(16-14-23)32(5)19-8-17-29)21-22-9-11-24(12-10-22)27(35)33(6)20-18-30-2/h9-16,30H,7-8,17-21,29H2,1-6H3. The summed E-state index contributed by atoms with van der Waals surface area (Å²) in [5.41, 5.74) is 8.41. The summed E-state index contributed by atoms with van der Waals surface area (Å²) in [5.74, 6) is 0.0990. The first kappa shape index (κ1) is 28.5. The molecule has 2 aromatic carbocycles. The Labute approximate surface area is 211 Å². The maximum atomic E-state index is 13.8. The van der Waals surface area contributed by atoms with Crippen molar-refractivity contribution in [2.45, 2.75) is 31.7 Å². The fraction of sp³-hybridized carbons (Fsp3) is 0.500. The number of carbonyl (C=O) groups excluding carboxylic acids is 2. The van der Waals surface area contributed by atoms with Crippen LogP contribution in [0.1, 0.15) is 46.0 Å². The first-order valence-electron chi connectivity index (χ1n) is 12.4. The van der Waals surface area contributed by atoms with Crippen LogP contribution in [0.4, 0.5) is 5.69 Å². The largest absolute Gasteiger partial charge is 0.375 e. The van der Waals surface area contributed by atoms with Crippen LogP contribution in [0, 0.1) is 0 Å². The second-order valence-electron chi connectivity index (χ2n) is 9.42. The van der Waals surface area contributed by atoms with Gasteiger partial charge in [-0.3, -0.25) is 14.5 Å². The van der Waals surface area contributed by atoms with E-state index in [2.05, 4.69) is 17.1 Å². The fourth-order valence-electron chi connectivity index (χ4n) is 4.34. The van der Waals surface area contributed by atoms with Gasteiger partial charge in [-0.25, -0.2) is 0 Å². The molecule has 0 saturated heterocycles. The van der Waals surface area contributed by atoms with E-state index < -0.39 is 5.54 Å². The molecule has 7 heteroatoms. The Kier molecular flexibility index (Phi) is 10.9. The van der Waals surface area contributed by atoms with Gasteiger partial charge in [0.1, 0.15) is 0 Å². The predicted molar refractivity (Wildman–Crippen MR) is 145 cm³/mol. The lowest BCUT2D eigenvalue weighted by atomic mass is 9.80. The van der Waals surface area contributed by atoms with Gasteiger partial charge in [0.2, 0.25) is 0 Å². The molecule has 0 radical (unpaired) electrons. The Morgan fingerprint density at radius 2 is 1.51 bits per heavy atom. The second-order valence-corrected chi connectivity index (χ2v) is 9.42. The van der Waals surface area contributed by atoms with Crippen LogP contribution in [-0.2, 0) is 6.42 Å². The fourth-order valence-corrected chi connectivity index (χ4v) is 4.34. The van der Waals surface area contributed by atoms with Crippen molar-refractivity contribution in [3.8, 4) is 0 Å². The minimum Gasteiger partial charge on any atom is -0.375 e. The molecule has 0 saturated carbocycles. The number of likely N-dealkylation sites (N-methyl/N-ethyl adjacent to an activating group) is 3. The highest BCUT2D eigenvalue weighted by atomic mass is 16.2. The van der Waals surface area contributed by atoms with Crippen LogP contribution in [0.2, 0.25) is 0 Å². The molecule has 0 aliphatic carbocycles. The zero-order chi connectivity index (χ0) is 26.0. The van der Waals surface area contributed by atoms with Crippen LogP contribution >= 0.6 is 0 Å². The van der Waals surface area contributed by atoms with Crippen LogP contribution in [0.5, 0.6) is 0 Å². The van der Waals surface area contributed by atoms with Gasteiger partial charge in [-0.1, -0.05) is 19.1 Å². The molecule has 1 atom stereocenters. The van der Waals surface area contributed by atoms with Gasteiger partial charge < -0.3 is 20.9 Å². The molecule has 192 valence electrons. The van der Waals surface area contributed by atoms with Gasteiger partial charge in [-0.15, -0.1) is 0 Å². The van der Waals surface area contributed by atoms with Crippen molar-refractivity contribution in [3.05, 3.63) is 65.2 Å². The maximum Gasteiger partial charge on any atom is 0.253 e. The monoisotopic (exact) mass is 481 g/mol. The first-order valence-corrected chi connectivity index (χ1v) is 12.4. The number of ketones is 1. The number of amides is 1. The number of nitrogens with one attached hydrogen (secondary N) is 1. The number of hydrogen-bond donors (Lipinski definition) is 2. The molecule has 1 amide bonds. The third-order valence-corrected chi connectivity index (χ3v) is 6.87. The van der Waals surface area contributed by atoms with E-state index in [0.717, 1.165) is 30.8 Å². The molecule has 0 aliphatic heterocycles. The number of hydrogen-bond acceptors (Lipinski definition) is 6. The topological polar surface area (TPSA) is 81.9 Å². The molecular weight excluding hydrogens is 438 g/mol. The van der Waals surface area contributed by atoms with Crippen molar-refractivity contribution < 1.29 is 9.59 Å². The van der Waals surface area contributed by atoms with Gasteiger partial charge in [-0.2, -0.15) is 0 Å². The van der Waals surface area contributed by atoms with Crippen molar-refractivity contribution in [3.63, 3.8) is 0 Å². The predicted octanol–water partition coefficient (Wildman–Crippen LogP) is 2.90. The smallest absolute Gasteiger partial charge is 0.253 e. The SMILES string of the molecule is CCC(Cc1ccc(C(=O)N(C)CCNC)cc1)(C(=O)c1ccc(N(C)CCCN)cc1)N(C)C. The van der Waals surface area contributed by atoms with Crippen LogP contribution in [0.3, 0.4) is 0 Å². The Hall–Kier alpha value is -2.74. The lowest BCUT2D eigenvalue weighted by Gasteiger charge is -2.38. The number of benzene rings is 2. The molecule has 0 heterocycles. The number of carbonyl (C=O) groups is 2. The summed E-state index contributed by atoms with van der Waals surface area (Å²) in [6.07, 6.45) is 2.16. The van der Waals surface area contributed by atoms with Crippen molar-refractivity contribution in [2.24, 2.45) is 5.73 Å². The number of nitrogens with zero attached hydrogens (tertiary/aromatic N) is 3. The molecular formula is C28H43N5O2. The molecule has 2 aromatic rings. The summed E-state index contributed by atoms with van der Waals surface area (Å²) in [4.78, 5) is 32.4. The van der Waals surface area contributed by atoms with Gasteiger partial charge in [0, 0.05) is 50.5 Å². The summed E-state index contributed by atoms with van der Waals surface area (Å²) >= 11 is 0. The van der Waals surface area contributed by atoms with E-state index >= 15 is 0 Å². The summed E-state index contributed by atoms with van der Waals surface area (Å²) in [6.45, 7) is 4.98. The highest BCUT2D eigenvalue weighted by molar-refractivity contribution is 6.03. The summed E-state index contributed by atoms with van der Waals surface area (Å²) in [7, 11) is 9.64. The van der Waals surface area contributed by atoms with Gasteiger partial charge >= 0.3 is 0 Å². The molecule has 7 nitrogen and oxygen atoms in total. The molecule has 2 rings (SSSR count). The minimum atomic E-state index is -0.678. The second kappa shape index (κ2) is 13.4. The van der Waals surface area contributed by atoms with Crippen LogP contribution in [-0.4, -0.2) is 88.4 Å². The highest BCUT2D eigenvalue weighted by Gasteiger charge is 2.39. The van der Waals surface area contributed by atoms with E-state index in [9.17, 15) is 9.59 Å². The third-order valence-electron chi connectivity index (χ3n) is 6.87. The highest BCUT2D eigenvalue weighted by Crippen LogP contribution is 2.29. The molecule has 0 fully saturated rings. The summed E-state index contributed by atoms with van der Waals surface area (Å²) < 4.78 is 0. The Balaban J connectivity index is 2.23. The number of anilines is 1. The van der Waals surface area contributed by atoms with Crippen molar-refractivity contribution in [1.82, 2.24) is 15.1 Å². The number of rotatable bonds is 14. The zero-order valence-electron chi connectivity index (χ0n) is 22.3. The van der Waals surface area contributed by atoms with Crippen molar-refractivity contribution in [1.29, 1.82) is 0 Å². The van der Waals surface area contributed by atoms with Gasteiger partial charge in [0.15, 0.2) is 5.78 Å². The summed E-state index contributed by atoms with van der Waals surface area (Å²) in [6, 6.07) is 15.5. The van der Waals surface area contributed by atoms with Crippen LogP contribution < -0.4 is 16.0 Å². The number of Topliss-reactive ketones (excluding diaryl/α,β-unsaturated/α-hetero) is 1. The van der Waals surface area contributed by atoms with Gasteiger partial charge in [-0.05, 0) is 88.9 Å². The Morgan fingerprint density at radius 1 is 0.914 bits per heavy atom. The Morgan fingerprint density at radius 3 is 2.03 bits per heavy atom. The van der Waals surface area contributed by atoms with Crippen molar-refractivity contribution in [2.75, 3.05) is 66.3 Å². The van der Waals surface area contributed by atoms with E-state index in [1.807, 2.05) is 88.7 Å². The molecule has 3 N–H and O–H groups in total. The van der Waals surface area contributed by atoms with E-state index in [0.29, 0.717) is 37.1 Å². The van der Waals surface area contributed by atoms with Crippen molar-refractivity contribution >= 4 is 17.4 Å². The van der Waals surface area contributed by atoms with E-state index in [4.69, 9.17) is 5.73 Å². The summed E-state index contributed by atoms with van der Waals surface area (Å²) in [5, 5.41) is 3.06. The van der Waals surface area contributed by atoms with E-state index in [1.165, 1.54) is 0 Å². The van der Waals surface area contributed by atoms with Crippen LogP contribution in [0.25, 0.3) is 0 Å². The Bertz CT molecular complexity index is 943. The van der Waals surface area contributed by atoms with Crippen LogP contribution in [0.15, 0.2) is 48.5 Å². The molecule has 0 aliphatic rings. The maximum absolute atomic E-state index is 13.8. The molecule has 1 unspecified atom stereocenters. The normalized spacial score (nSPS) is 12.9. The lowest BCUT2D eigenvalue weighted by molar-refractivity contribution is 0.0666. The molecule has 0 aromatic heterocycles. The van der Waals surface area contributed by atoms with E-state index in [-0.39, 0.29) is 11.7 Å². The van der Waals surface area contributed by atoms with Gasteiger partial charge in [0.25, 0.3) is 5.91 Å². The first-order chi connectivity index (χ1) is 16.7. The minimum absolute atomic E-state index is 0.00578. The number of nitrogens with two attached hydrogens (primary N) is 1. The molecule has 0 spiro atoms. The molecule has 0 bridgehead atoms. The van der Waals surface area contributed by atoms with E-state index in [1.54, 1.807) is 4.90 Å². The quantitative estimate of drug-likeness (QED) is 0.404. The third kappa shape index (κ3) is 7.13. The average Bonchev–Trinajstić information content (AvgIpc) is 2.88. The zero-order valence-corrected chi connectivity index (χ0v) is 22.3. The van der Waals surface area contributed by atoms with Gasteiger partial charge in [0.05, 0.1) is 5.54 Å².